The molecule has 1 heterocycles. The number of nitrogens with zero attached hydrogens (tertiary/aromatic N) is 1. The topological polar surface area (TPSA) is 45.8 Å². The summed E-state index contributed by atoms with van der Waals surface area (Å²) in [6.07, 6.45) is 4.01. The van der Waals surface area contributed by atoms with E-state index in [9.17, 15) is 4.79 Å². The Morgan fingerprint density at radius 2 is 2.29 bits per heavy atom. The number of hydrogen-bond donors (Lipinski definition) is 1. The van der Waals surface area contributed by atoms with Crippen LogP contribution in [-0.2, 0) is 0 Å². The highest BCUT2D eigenvalue weighted by Gasteiger charge is 2.03. The lowest BCUT2D eigenvalue weighted by molar-refractivity contribution is 0.975. The van der Waals surface area contributed by atoms with E-state index >= 15 is 0 Å². The molecular formula is C13H14N2OS. The molecule has 0 radical (unpaired) electrons. The van der Waals surface area contributed by atoms with Gasteiger partial charge in [0.2, 0.25) is 0 Å². The largest absolute Gasteiger partial charge is 0.301 e. The number of rotatable bonds is 3. The molecule has 1 aromatic carbocycles. The quantitative estimate of drug-likeness (QED) is 0.514. The number of aryl methyl sites for hydroxylation is 1. The SMILES string of the molecule is C/C=C/CSc1nc2ccc(C)cc2c(=O)[nH]1. The predicted octanol–water partition coefficient (Wildman–Crippen LogP) is 2.90. The zero-order valence-corrected chi connectivity index (χ0v) is 10.7. The van der Waals surface area contributed by atoms with Crippen molar-refractivity contribution in [3.05, 3.63) is 46.3 Å². The van der Waals surface area contributed by atoms with Crippen LogP contribution < -0.4 is 5.56 Å². The third-order valence-corrected chi connectivity index (χ3v) is 3.22. The summed E-state index contributed by atoms with van der Waals surface area (Å²) in [6.45, 7) is 3.94. The van der Waals surface area contributed by atoms with E-state index in [1.807, 2.05) is 44.2 Å². The number of hydrogen-bond acceptors (Lipinski definition) is 3. The average molecular weight is 246 g/mol. The van der Waals surface area contributed by atoms with Crippen molar-refractivity contribution < 1.29 is 0 Å². The molecule has 0 bridgehead atoms. The van der Waals surface area contributed by atoms with Crippen LogP contribution in [0.3, 0.4) is 0 Å². The lowest BCUT2D eigenvalue weighted by Gasteiger charge is -2.01. The zero-order valence-electron chi connectivity index (χ0n) is 9.86. The number of fused-ring (bicyclic) bond motifs is 1. The first-order valence-corrected chi connectivity index (χ1v) is 6.44. The van der Waals surface area contributed by atoms with E-state index in [0.29, 0.717) is 10.5 Å². The van der Waals surface area contributed by atoms with Crippen molar-refractivity contribution in [3.63, 3.8) is 0 Å². The third kappa shape index (κ3) is 2.77. The Kier molecular flexibility index (Phi) is 3.64. The molecule has 2 aromatic rings. The molecule has 0 saturated carbocycles. The van der Waals surface area contributed by atoms with Crippen LogP contribution in [0.5, 0.6) is 0 Å². The minimum atomic E-state index is -0.0679. The van der Waals surface area contributed by atoms with Crippen molar-refractivity contribution in [1.82, 2.24) is 9.97 Å². The maximum absolute atomic E-state index is 11.9. The highest BCUT2D eigenvalue weighted by molar-refractivity contribution is 7.99. The molecule has 0 unspecified atom stereocenters. The van der Waals surface area contributed by atoms with Crippen molar-refractivity contribution in [1.29, 1.82) is 0 Å². The van der Waals surface area contributed by atoms with Gasteiger partial charge in [0.1, 0.15) is 0 Å². The maximum atomic E-state index is 11.9. The highest BCUT2D eigenvalue weighted by atomic mass is 32.2. The summed E-state index contributed by atoms with van der Waals surface area (Å²) in [5, 5.41) is 1.32. The van der Waals surface area contributed by atoms with Crippen molar-refractivity contribution in [2.24, 2.45) is 0 Å². The van der Waals surface area contributed by atoms with Crippen LogP contribution in [0.4, 0.5) is 0 Å². The number of aromatic amines is 1. The van der Waals surface area contributed by atoms with E-state index in [2.05, 4.69) is 9.97 Å². The van der Waals surface area contributed by atoms with Crippen LogP contribution in [0.1, 0.15) is 12.5 Å². The van der Waals surface area contributed by atoms with Crippen molar-refractivity contribution in [3.8, 4) is 0 Å². The first kappa shape index (κ1) is 11.9. The fourth-order valence-corrected chi connectivity index (χ4v) is 2.30. The molecule has 1 N–H and O–H groups in total. The van der Waals surface area contributed by atoms with Gasteiger partial charge in [0.05, 0.1) is 10.9 Å². The Hall–Kier alpha value is -1.55. The minimum absolute atomic E-state index is 0.0679. The van der Waals surface area contributed by atoms with Crippen LogP contribution in [0.25, 0.3) is 10.9 Å². The number of thioether (sulfide) groups is 1. The molecule has 17 heavy (non-hydrogen) atoms. The highest BCUT2D eigenvalue weighted by Crippen LogP contribution is 2.15. The second kappa shape index (κ2) is 5.19. The summed E-state index contributed by atoms with van der Waals surface area (Å²) in [6, 6.07) is 5.72. The number of aromatic nitrogens is 2. The lowest BCUT2D eigenvalue weighted by Crippen LogP contribution is -2.09. The first-order valence-electron chi connectivity index (χ1n) is 5.45. The molecular weight excluding hydrogens is 232 g/mol. The molecule has 3 nitrogen and oxygen atoms in total. The molecule has 0 fully saturated rings. The third-order valence-electron chi connectivity index (χ3n) is 2.39. The summed E-state index contributed by atoms with van der Waals surface area (Å²) >= 11 is 1.52. The Labute approximate surface area is 104 Å². The van der Waals surface area contributed by atoms with Gasteiger partial charge in [-0.05, 0) is 26.0 Å². The first-order chi connectivity index (χ1) is 8.20. The van der Waals surface area contributed by atoms with Gasteiger partial charge >= 0.3 is 0 Å². The summed E-state index contributed by atoms with van der Waals surface area (Å²) < 4.78 is 0. The summed E-state index contributed by atoms with van der Waals surface area (Å²) in [4.78, 5) is 19.1. The van der Waals surface area contributed by atoms with Gasteiger partial charge in [-0.2, -0.15) is 0 Å². The second-order valence-corrected chi connectivity index (χ2v) is 4.78. The maximum Gasteiger partial charge on any atom is 0.259 e. The fourth-order valence-electron chi connectivity index (χ4n) is 1.52. The van der Waals surface area contributed by atoms with E-state index in [-0.39, 0.29) is 5.56 Å². The van der Waals surface area contributed by atoms with Gasteiger partial charge in [-0.25, -0.2) is 4.98 Å². The predicted molar refractivity (Wildman–Crippen MR) is 72.6 cm³/mol. The van der Waals surface area contributed by atoms with E-state index in [1.165, 1.54) is 11.8 Å². The Balaban J connectivity index is 2.42. The van der Waals surface area contributed by atoms with Crippen LogP contribution in [-0.4, -0.2) is 15.7 Å². The Morgan fingerprint density at radius 3 is 3.06 bits per heavy atom. The van der Waals surface area contributed by atoms with Gasteiger partial charge in [-0.3, -0.25) is 4.79 Å². The van der Waals surface area contributed by atoms with Crippen molar-refractivity contribution in [2.75, 3.05) is 5.75 Å². The molecule has 88 valence electrons. The average Bonchev–Trinajstić information content (AvgIpc) is 2.31. The van der Waals surface area contributed by atoms with E-state index in [4.69, 9.17) is 0 Å². The number of allylic oxidation sites excluding steroid dienone is 1. The second-order valence-electron chi connectivity index (χ2n) is 3.77. The zero-order chi connectivity index (χ0) is 12.3. The van der Waals surface area contributed by atoms with Gasteiger partial charge in [0, 0.05) is 5.75 Å². The molecule has 0 spiro atoms. The Bertz CT molecular complexity index is 616. The number of nitrogens with one attached hydrogen (secondary N) is 1. The van der Waals surface area contributed by atoms with Crippen LogP contribution in [0, 0.1) is 6.92 Å². The molecule has 0 aliphatic carbocycles. The molecule has 2 rings (SSSR count). The van der Waals surface area contributed by atoms with Crippen LogP contribution in [0.2, 0.25) is 0 Å². The number of benzene rings is 1. The molecule has 0 amide bonds. The normalized spacial score (nSPS) is 11.4. The van der Waals surface area contributed by atoms with Crippen LogP contribution >= 0.6 is 11.8 Å². The standard InChI is InChI=1S/C13H14N2OS/c1-3-4-7-17-13-14-11-6-5-9(2)8-10(11)12(16)15-13/h3-6,8H,7H2,1-2H3,(H,14,15,16)/b4-3+. The van der Waals surface area contributed by atoms with E-state index < -0.39 is 0 Å². The minimum Gasteiger partial charge on any atom is -0.301 e. The molecule has 0 aliphatic rings. The summed E-state index contributed by atoms with van der Waals surface area (Å²) in [5.74, 6) is 0.816. The molecule has 0 saturated heterocycles. The smallest absolute Gasteiger partial charge is 0.259 e. The van der Waals surface area contributed by atoms with Gasteiger partial charge in [-0.15, -0.1) is 0 Å². The lowest BCUT2D eigenvalue weighted by atomic mass is 10.2. The fraction of sp³-hybridized carbons (Fsp3) is 0.231. The summed E-state index contributed by atoms with van der Waals surface area (Å²) in [7, 11) is 0. The number of H-pyrrole nitrogens is 1. The van der Waals surface area contributed by atoms with Crippen molar-refractivity contribution in [2.45, 2.75) is 19.0 Å². The molecule has 4 heteroatoms. The summed E-state index contributed by atoms with van der Waals surface area (Å²) in [5.41, 5.74) is 1.75. The molecule has 1 aromatic heterocycles. The van der Waals surface area contributed by atoms with Crippen LogP contribution in [0.15, 0.2) is 40.3 Å². The monoisotopic (exact) mass is 246 g/mol. The van der Waals surface area contributed by atoms with Crippen molar-refractivity contribution >= 4 is 22.7 Å². The van der Waals surface area contributed by atoms with E-state index in [0.717, 1.165) is 16.8 Å². The van der Waals surface area contributed by atoms with Gasteiger partial charge < -0.3 is 4.98 Å². The van der Waals surface area contributed by atoms with Gasteiger partial charge in [-0.1, -0.05) is 35.5 Å². The van der Waals surface area contributed by atoms with E-state index in [1.54, 1.807) is 0 Å². The Morgan fingerprint density at radius 1 is 1.47 bits per heavy atom. The van der Waals surface area contributed by atoms with Gasteiger partial charge in [0.25, 0.3) is 5.56 Å². The molecule has 0 atom stereocenters. The van der Waals surface area contributed by atoms with Gasteiger partial charge in [0.15, 0.2) is 5.16 Å². The molecule has 0 aliphatic heterocycles.